The van der Waals surface area contributed by atoms with E-state index in [1.54, 1.807) is 12.3 Å². The van der Waals surface area contributed by atoms with Crippen molar-refractivity contribution in [2.75, 3.05) is 0 Å². The number of hydrogen-bond donors (Lipinski definition) is 1. The van der Waals surface area contributed by atoms with E-state index in [-0.39, 0.29) is 5.82 Å². The number of pyridine rings is 1. The number of hydrogen-bond acceptors (Lipinski definition) is 2. The van der Waals surface area contributed by atoms with Crippen molar-refractivity contribution in [2.24, 2.45) is 0 Å². The minimum atomic E-state index is -0.136. The minimum Gasteiger partial charge on any atom is -0.310 e. The van der Waals surface area contributed by atoms with Crippen molar-refractivity contribution in [2.45, 2.75) is 32.4 Å². The largest absolute Gasteiger partial charge is 0.310 e. The number of rotatable bonds is 4. The average molecular weight is 256 g/mol. The summed E-state index contributed by atoms with van der Waals surface area (Å²) in [6.07, 6.45) is 6.03. The molecule has 3 rings (SSSR count). The molecular formula is C16H17FN2. The first-order chi connectivity index (χ1) is 9.24. The molecule has 0 aliphatic heterocycles. The van der Waals surface area contributed by atoms with E-state index in [1.807, 2.05) is 31.3 Å². The van der Waals surface area contributed by atoms with E-state index in [0.29, 0.717) is 12.6 Å². The van der Waals surface area contributed by atoms with Crippen molar-refractivity contribution in [1.82, 2.24) is 10.3 Å². The maximum atomic E-state index is 13.8. The molecule has 0 unspecified atom stereocenters. The number of halogens is 1. The third-order valence-electron chi connectivity index (χ3n) is 3.54. The van der Waals surface area contributed by atoms with Crippen LogP contribution in [0.25, 0.3) is 11.1 Å². The lowest BCUT2D eigenvalue weighted by Crippen LogP contribution is -2.16. The van der Waals surface area contributed by atoms with Gasteiger partial charge in [0.1, 0.15) is 5.82 Å². The average Bonchev–Trinajstić information content (AvgIpc) is 3.23. The van der Waals surface area contributed by atoms with Gasteiger partial charge < -0.3 is 5.32 Å². The van der Waals surface area contributed by atoms with Gasteiger partial charge in [0, 0.05) is 30.5 Å². The van der Waals surface area contributed by atoms with Gasteiger partial charge in [-0.1, -0.05) is 6.07 Å². The van der Waals surface area contributed by atoms with Gasteiger partial charge in [0.05, 0.1) is 0 Å². The second-order valence-corrected chi connectivity index (χ2v) is 5.15. The predicted molar refractivity (Wildman–Crippen MR) is 74.2 cm³/mol. The van der Waals surface area contributed by atoms with Gasteiger partial charge in [-0.2, -0.15) is 0 Å². The van der Waals surface area contributed by atoms with E-state index in [0.717, 1.165) is 22.3 Å². The van der Waals surface area contributed by atoms with Crippen LogP contribution in [0.1, 0.15) is 24.0 Å². The lowest BCUT2D eigenvalue weighted by Gasteiger charge is -2.09. The highest BCUT2D eigenvalue weighted by Crippen LogP contribution is 2.25. The molecule has 1 heterocycles. The zero-order valence-corrected chi connectivity index (χ0v) is 11.0. The van der Waals surface area contributed by atoms with Crippen molar-refractivity contribution in [3.63, 3.8) is 0 Å². The molecule has 0 amide bonds. The lowest BCUT2D eigenvalue weighted by atomic mass is 10.0. The Labute approximate surface area is 112 Å². The Balaban J connectivity index is 1.89. The highest BCUT2D eigenvalue weighted by atomic mass is 19.1. The van der Waals surface area contributed by atoms with Crippen LogP contribution in [0.4, 0.5) is 4.39 Å². The van der Waals surface area contributed by atoms with Gasteiger partial charge in [0.2, 0.25) is 0 Å². The van der Waals surface area contributed by atoms with Crippen LogP contribution in [-0.2, 0) is 6.54 Å². The van der Waals surface area contributed by atoms with Crippen LogP contribution in [0.3, 0.4) is 0 Å². The second kappa shape index (κ2) is 5.10. The van der Waals surface area contributed by atoms with Gasteiger partial charge in [-0.15, -0.1) is 0 Å². The summed E-state index contributed by atoms with van der Waals surface area (Å²) >= 11 is 0. The molecular weight excluding hydrogens is 239 g/mol. The van der Waals surface area contributed by atoms with Crippen LogP contribution in [0.2, 0.25) is 0 Å². The summed E-state index contributed by atoms with van der Waals surface area (Å²) in [5, 5.41) is 3.35. The number of aromatic nitrogens is 1. The van der Waals surface area contributed by atoms with E-state index >= 15 is 0 Å². The molecule has 1 aromatic heterocycles. The monoisotopic (exact) mass is 256 g/mol. The Bertz CT molecular complexity index is 591. The van der Waals surface area contributed by atoms with E-state index in [1.165, 1.54) is 12.8 Å². The van der Waals surface area contributed by atoms with Crippen LogP contribution in [0.15, 0.2) is 36.7 Å². The van der Waals surface area contributed by atoms with Crippen LogP contribution in [0, 0.1) is 12.7 Å². The summed E-state index contributed by atoms with van der Waals surface area (Å²) in [6.45, 7) is 2.63. The molecule has 0 radical (unpaired) electrons. The molecule has 1 aliphatic rings. The van der Waals surface area contributed by atoms with E-state index in [9.17, 15) is 4.39 Å². The standard InChI is InChI=1S/C16H17FN2/c1-11-9-18-7-6-15(11)12-2-5-16(17)13(8-12)10-19-14-3-4-14/h2,5-9,14,19H,3-4,10H2,1H3. The van der Waals surface area contributed by atoms with Crippen LogP contribution < -0.4 is 5.32 Å². The summed E-state index contributed by atoms with van der Waals surface area (Å²) in [5.74, 6) is -0.136. The molecule has 0 bridgehead atoms. The fourth-order valence-corrected chi connectivity index (χ4v) is 2.22. The first-order valence-electron chi connectivity index (χ1n) is 6.67. The third kappa shape index (κ3) is 2.82. The summed E-state index contributed by atoms with van der Waals surface area (Å²) in [7, 11) is 0. The Hall–Kier alpha value is -1.74. The number of nitrogens with one attached hydrogen (secondary N) is 1. The molecule has 0 atom stereocenters. The molecule has 3 heteroatoms. The van der Waals surface area contributed by atoms with Crippen molar-refractivity contribution < 1.29 is 4.39 Å². The molecule has 1 saturated carbocycles. The fraction of sp³-hybridized carbons (Fsp3) is 0.312. The summed E-state index contributed by atoms with van der Waals surface area (Å²) in [5.41, 5.74) is 4.01. The molecule has 0 saturated heterocycles. The molecule has 1 fully saturated rings. The van der Waals surface area contributed by atoms with Gasteiger partial charge in [0.15, 0.2) is 0 Å². The zero-order chi connectivity index (χ0) is 13.2. The van der Waals surface area contributed by atoms with Crippen molar-refractivity contribution in [3.8, 4) is 11.1 Å². The number of benzene rings is 1. The van der Waals surface area contributed by atoms with Crippen LogP contribution in [0.5, 0.6) is 0 Å². The van der Waals surface area contributed by atoms with Gasteiger partial charge >= 0.3 is 0 Å². The number of nitrogens with zero attached hydrogens (tertiary/aromatic N) is 1. The molecule has 0 spiro atoms. The van der Waals surface area contributed by atoms with E-state index in [2.05, 4.69) is 10.3 Å². The van der Waals surface area contributed by atoms with Crippen molar-refractivity contribution in [1.29, 1.82) is 0 Å². The van der Waals surface area contributed by atoms with Gasteiger partial charge in [-0.05, 0) is 54.7 Å². The molecule has 1 aliphatic carbocycles. The smallest absolute Gasteiger partial charge is 0.127 e. The van der Waals surface area contributed by atoms with Gasteiger partial charge in [-0.25, -0.2) is 4.39 Å². The van der Waals surface area contributed by atoms with Crippen molar-refractivity contribution in [3.05, 3.63) is 53.6 Å². The zero-order valence-electron chi connectivity index (χ0n) is 11.0. The molecule has 1 aromatic carbocycles. The van der Waals surface area contributed by atoms with E-state index in [4.69, 9.17) is 0 Å². The fourth-order valence-electron chi connectivity index (χ4n) is 2.22. The predicted octanol–water partition coefficient (Wildman–Crippen LogP) is 3.45. The Morgan fingerprint density at radius 3 is 2.89 bits per heavy atom. The topological polar surface area (TPSA) is 24.9 Å². The molecule has 19 heavy (non-hydrogen) atoms. The second-order valence-electron chi connectivity index (χ2n) is 5.15. The SMILES string of the molecule is Cc1cnccc1-c1ccc(F)c(CNC2CC2)c1. The molecule has 1 N–H and O–H groups in total. The number of aryl methyl sites for hydroxylation is 1. The van der Waals surface area contributed by atoms with Crippen molar-refractivity contribution >= 4 is 0 Å². The quantitative estimate of drug-likeness (QED) is 0.906. The molecule has 2 aromatic rings. The third-order valence-corrected chi connectivity index (χ3v) is 3.54. The lowest BCUT2D eigenvalue weighted by molar-refractivity contribution is 0.587. The minimum absolute atomic E-state index is 0.136. The van der Waals surface area contributed by atoms with Crippen LogP contribution >= 0.6 is 0 Å². The maximum Gasteiger partial charge on any atom is 0.127 e. The molecule has 98 valence electrons. The Morgan fingerprint density at radius 1 is 1.32 bits per heavy atom. The summed E-state index contributed by atoms with van der Waals surface area (Å²) < 4.78 is 13.8. The van der Waals surface area contributed by atoms with Gasteiger partial charge in [-0.3, -0.25) is 4.98 Å². The first kappa shape index (κ1) is 12.3. The normalized spacial score (nSPS) is 14.6. The van der Waals surface area contributed by atoms with Crippen LogP contribution in [-0.4, -0.2) is 11.0 Å². The van der Waals surface area contributed by atoms with E-state index < -0.39 is 0 Å². The summed E-state index contributed by atoms with van der Waals surface area (Å²) in [6, 6.07) is 7.89. The summed E-state index contributed by atoms with van der Waals surface area (Å²) in [4.78, 5) is 4.09. The Kier molecular flexibility index (Phi) is 3.30. The molecule has 2 nitrogen and oxygen atoms in total. The highest BCUT2D eigenvalue weighted by Gasteiger charge is 2.20. The van der Waals surface area contributed by atoms with Gasteiger partial charge in [0.25, 0.3) is 0 Å². The first-order valence-corrected chi connectivity index (χ1v) is 6.67. The Morgan fingerprint density at radius 2 is 2.16 bits per heavy atom. The maximum absolute atomic E-state index is 13.8. The highest BCUT2D eigenvalue weighted by molar-refractivity contribution is 5.67.